The van der Waals surface area contributed by atoms with Crippen LogP contribution in [0.4, 0.5) is 0 Å². The van der Waals surface area contributed by atoms with Gasteiger partial charge >= 0.3 is 0 Å². The van der Waals surface area contributed by atoms with Crippen molar-refractivity contribution in [1.29, 1.82) is 0 Å². The molecule has 1 heterocycles. The molecule has 1 aromatic carbocycles. The van der Waals surface area contributed by atoms with Crippen LogP contribution in [0.15, 0.2) is 30.3 Å². The third-order valence-electron chi connectivity index (χ3n) is 2.26. The summed E-state index contributed by atoms with van der Waals surface area (Å²) in [6, 6.07) is 9.69. The molecule has 0 bridgehead atoms. The number of hydrogen-bond donors (Lipinski definition) is 2. The van der Waals surface area contributed by atoms with Crippen LogP contribution in [-0.2, 0) is 6.54 Å². The van der Waals surface area contributed by atoms with Crippen molar-refractivity contribution in [3.63, 3.8) is 0 Å². The average molecular weight is 233 g/mol. The second-order valence-electron chi connectivity index (χ2n) is 3.82. The Kier molecular flexibility index (Phi) is 3.79. The van der Waals surface area contributed by atoms with Crippen molar-refractivity contribution in [3.05, 3.63) is 36.2 Å². The number of aromatic nitrogens is 4. The smallest absolute Gasteiger partial charge is 0.170 e. The minimum Gasteiger partial charge on any atom is -0.392 e. The van der Waals surface area contributed by atoms with Gasteiger partial charge in [-0.3, -0.25) is 0 Å². The third-order valence-corrected chi connectivity index (χ3v) is 2.26. The van der Waals surface area contributed by atoms with Gasteiger partial charge in [0.25, 0.3) is 0 Å². The fraction of sp³-hybridized carbons (Fsp3) is 0.364. The maximum atomic E-state index is 9.15. The molecule has 0 amide bonds. The minimum absolute atomic E-state index is 0.379. The molecule has 2 rings (SSSR count). The normalized spacial score (nSPS) is 12.6. The van der Waals surface area contributed by atoms with Gasteiger partial charge in [0.15, 0.2) is 5.82 Å². The zero-order chi connectivity index (χ0) is 12.1. The topological polar surface area (TPSA) is 75.9 Å². The van der Waals surface area contributed by atoms with Crippen LogP contribution in [0, 0.1) is 0 Å². The summed E-state index contributed by atoms with van der Waals surface area (Å²) in [6.07, 6.45) is -0.379. The Labute approximate surface area is 99.3 Å². The summed E-state index contributed by atoms with van der Waals surface area (Å²) in [5.41, 5.74) is 0.923. The van der Waals surface area contributed by atoms with Gasteiger partial charge in [0.1, 0.15) is 0 Å². The van der Waals surface area contributed by atoms with Gasteiger partial charge < -0.3 is 10.4 Å². The molecule has 1 unspecified atom stereocenters. The minimum atomic E-state index is -0.379. The average Bonchev–Trinajstić information content (AvgIpc) is 2.78. The van der Waals surface area contributed by atoms with Gasteiger partial charge in [-0.1, -0.05) is 18.2 Å². The van der Waals surface area contributed by atoms with Crippen molar-refractivity contribution in [2.45, 2.75) is 19.6 Å². The predicted octanol–water partition coefficient (Wildman–Crippen LogP) is 0.133. The fourth-order valence-corrected chi connectivity index (χ4v) is 1.48. The van der Waals surface area contributed by atoms with Gasteiger partial charge in [-0.25, -0.2) is 0 Å². The van der Waals surface area contributed by atoms with Crippen molar-refractivity contribution >= 4 is 0 Å². The van der Waals surface area contributed by atoms with Gasteiger partial charge in [-0.15, -0.1) is 5.10 Å². The number of para-hydroxylation sites is 1. The second-order valence-corrected chi connectivity index (χ2v) is 3.82. The summed E-state index contributed by atoms with van der Waals surface area (Å²) in [7, 11) is 0. The molecule has 2 aromatic rings. The predicted molar refractivity (Wildman–Crippen MR) is 62.5 cm³/mol. The Morgan fingerprint density at radius 2 is 2.12 bits per heavy atom. The maximum Gasteiger partial charge on any atom is 0.170 e. The molecule has 1 atom stereocenters. The number of hydrogen-bond acceptors (Lipinski definition) is 5. The van der Waals surface area contributed by atoms with Crippen LogP contribution < -0.4 is 5.32 Å². The molecule has 2 N–H and O–H groups in total. The van der Waals surface area contributed by atoms with Crippen LogP contribution in [0.2, 0.25) is 0 Å². The molecule has 0 aliphatic rings. The Balaban J connectivity index is 2.07. The Bertz CT molecular complexity index is 454. The van der Waals surface area contributed by atoms with Crippen LogP contribution in [0.5, 0.6) is 0 Å². The SMILES string of the molecule is CC(O)CNCc1nnnn1-c1ccccc1. The highest BCUT2D eigenvalue weighted by atomic mass is 16.3. The van der Waals surface area contributed by atoms with Gasteiger partial charge in [0, 0.05) is 6.54 Å². The highest BCUT2D eigenvalue weighted by Crippen LogP contribution is 2.06. The first-order valence-corrected chi connectivity index (χ1v) is 5.49. The fourth-order valence-electron chi connectivity index (χ4n) is 1.48. The number of nitrogens with one attached hydrogen (secondary N) is 1. The summed E-state index contributed by atoms with van der Waals surface area (Å²) in [5.74, 6) is 0.719. The highest BCUT2D eigenvalue weighted by molar-refractivity contribution is 5.30. The van der Waals surface area contributed by atoms with E-state index in [0.29, 0.717) is 13.1 Å². The summed E-state index contributed by atoms with van der Waals surface area (Å²) < 4.78 is 1.68. The molecular weight excluding hydrogens is 218 g/mol. The number of nitrogens with zero attached hydrogens (tertiary/aromatic N) is 4. The van der Waals surface area contributed by atoms with E-state index in [1.54, 1.807) is 11.6 Å². The number of aliphatic hydroxyl groups is 1. The van der Waals surface area contributed by atoms with Gasteiger partial charge in [0.2, 0.25) is 0 Å². The van der Waals surface area contributed by atoms with Crippen molar-refractivity contribution in [2.24, 2.45) is 0 Å². The van der Waals surface area contributed by atoms with E-state index in [0.717, 1.165) is 11.5 Å². The lowest BCUT2D eigenvalue weighted by Gasteiger charge is -2.07. The molecule has 90 valence electrons. The summed E-state index contributed by atoms with van der Waals surface area (Å²) >= 11 is 0. The van der Waals surface area contributed by atoms with E-state index in [9.17, 15) is 0 Å². The number of benzene rings is 1. The van der Waals surface area contributed by atoms with Crippen molar-refractivity contribution in [2.75, 3.05) is 6.54 Å². The number of tetrazole rings is 1. The first-order valence-electron chi connectivity index (χ1n) is 5.49. The van der Waals surface area contributed by atoms with E-state index >= 15 is 0 Å². The van der Waals surface area contributed by atoms with E-state index in [2.05, 4.69) is 20.8 Å². The van der Waals surface area contributed by atoms with Crippen molar-refractivity contribution in [1.82, 2.24) is 25.5 Å². The Hall–Kier alpha value is -1.79. The summed E-state index contributed by atoms with van der Waals surface area (Å²) in [6.45, 7) is 2.77. The first kappa shape index (κ1) is 11.7. The standard InChI is InChI=1S/C11H15N5O/c1-9(17)7-12-8-11-13-14-15-16(11)10-5-3-2-4-6-10/h2-6,9,12,17H,7-8H2,1H3. The summed E-state index contributed by atoms with van der Waals surface area (Å²) in [5, 5.41) is 23.8. The molecule has 0 aliphatic heterocycles. The quantitative estimate of drug-likeness (QED) is 0.768. The molecule has 0 saturated heterocycles. The lowest BCUT2D eigenvalue weighted by atomic mass is 10.3. The zero-order valence-corrected chi connectivity index (χ0v) is 9.61. The molecular formula is C11H15N5O. The second kappa shape index (κ2) is 5.51. The monoisotopic (exact) mass is 233 g/mol. The number of rotatable bonds is 5. The maximum absolute atomic E-state index is 9.15. The van der Waals surface area contributed by atoms with Crippen LogP contribution in [0.1, 0.15) is 12.7 Å². The largest absolute Gasteiger partial charge is 0.392 e. The third kappa shape index (κ3) is 3.08. The van der Waals surface area contributed by atoms with Crippen molar-refractivity contribution in [3.8, 4) is 5.69 Å². The number of aliphatic hydroxyl groups excluding tert-OH is 1. The van der Waals surface area contributed by atoms with Crippen LogP contribution >= 0.6 is 0 Å². The van der Waals surface area contributed by atoms with E-state index in [1.807, 2.05) is 30.3 Å². The molecule has 0 aliphatic carbocycles. The first-order chi connectivity index (χ1) is 8.27. The summed E-state index contributed by atoms with van der Waals surface area (Å²) in [4.78, 5) is 0. The lowest BCUT2D eigenvalue weighted by molar-refractivity contribution is 0.190. The molecule has 0 radical (unpaired) electrons. The molecule has 0 fully saturated rings. The highest BCUT2D eigenvalue weighted by Gasteiger charge is 2.07. The van der Waals surface area contributed by atoms with E-state index in [-0.39, 0.29) is 6.10 Å². The van der Waals surface area contributed by atoms with Gasteiger partial charge in [0.05, 0.1) is 18.3 Å². The Morgan fingerprint density at radius 1 is 1.35 bits per heavy atom. The van der Waals surface area contributed by atoms with Crippen LogP contribution in [0.25, 0.3) is 5.69 Å². The van der Waals surface area contributed by atoms with E-state index < -0.39 is 0 Å². The van der Waals surface area contributed by atoms with Gasteiger partial charge in [-0.05, 0) is 29.5 Å². The van der Waals surface area contributed by atoms with E-state index in [1.165, 1.54) is 0 Å². The lowest BCUT2D eigenvalue weighted by Crippen LogP contribution is -2.25. The molecule has 0 spiro atoms. The van der Waals surface area contributed by atoms with Crippen LogP contribution in [0.3, 0.4) is 0 Å². The zero-order valence-electron chi connectivity index (χ0n) is 9.61. The Morgan fingerprint density at radius 3 is 2.82 bits per heavy atom. The van der Waals surface area contributed by atoms with Crippen LogP contribution in [-0.4, -0.2) is 38.0 Å². The van der Waals surface area contributed by atoms with Crippen molar-refractivity contribution < 1.29 is 5.11 Å². The van der Waals surface area contributed by atoms with Gasteiger partial charge in [-0.2, -0.15) is 4.68 Å². The molecule has 0 saturated carbocycles. The van der Waals surface area contributed by atoms with E-state index in [4.69, 9.17) is 5.11 Å². The molecule has 1 aromatic heterocycles. The molecule has 6 nitrogen and oxygen atoms in total. The molecule has 6 heteroatoms. The molecule has 17 heavy (non-hydrogen) atoms.